The molecule has 0 aliphatic rings. The molecule has 22 heavy (non-hydrogen) atoms. The van der Waals surface area contributed by atoms with Crippen molar-refractivity contribution in [1.82, 2.24) is 10.3 Å². The number of benzene rings is 1. The number of aryl methyl sites for hydroxylation is 1. The van der Waals surface area contributed by atoms with Crippen molar-refractivity contribution in [3.8, 4) is 0 Å². The summed E-state index contributed by atoms with van der Waals surface area (Å²) in [5.41, 5.74) is 2.59. The fraction of sp³-hybridized carbons (Fsp3) is 0.235. The fourth-order valence-corrected chi connectivity index (χ4v) is 2.25. The van der Waals surface area contributed by atoms with Gasteiger partial charge in [0.05, 0.1) is 18.7 Å². The van der Waals surface area contributed by atoms with Crippen molar-refractivity contribution < 1.29 is 14.3 Å². The molecule has 1 unspecified atom stereocenters. The molecule has 1 aromatic carbocycles. The lowest BCUT2D eigenvalue weighted by atomic mass is 10.00. The van der Waals surface area contributed by atoms with Crippen molar-refractivity contribution in [2.45, 2.75) is 18.9 Å². The zero-order valence-corrected chi connectivity index (χ0v) is 12.4. The summed E-state index contributed by atoms with van der Waals surface area (Å²) in [4.78, 5) is 26.2. The molecule has 0 saturated heterocycles. The number of nitrogens with zero attached hydrogens (tertiary/aromatic N) is 1. The molecular weight excluding hydrogens is 280 g/mol. The summed E-state index contributed by atoms with van der Waals surface area (Å²) in [6.45, 7) is 0. The van der Waals surface area contributed by atoms with Gasteiger partial charge in [-0.3, -0.25) is 9.78 Å². The standard InChI is InChI=1S/C17H18N2O3/c1-22-17(21)14-7-4-13(5-8-14)6-9-16(19-12-20)15-3-2-10-18-11-15/h2-5,7-8,10-12,16H,6,9H2,1H3,(H,19,20). The Labute approximate surface area is 129 Å². The molecule has 0 aliphatic heterocycles. The van der Waals surface area contributed by atoms with Gasteiger partial charge in [0.2, 0.25) is 6.41 Å². The average Bonchev–Trinajstić information content (AvgIpc) is 2.59. The Bertz CT molecular complexity index is 612. The third kappa shape index (κ3) is 4.15. The molecule has 2 rings (SSSR count). The molecule has 0 aliphatic carbocycles. The van der Waals surface area contributed by atoms with Crippen LogP contribution in [-0.4, -0.2) is 24.5 Å². The number of ether oxygens (including phenoxy) is 1. The van der Waals surface area contributed by atoms with Crippen molar-refractivity contribution >= 4 is 12.4 Å². The summed E-state index contributed by atoms with van der Waals surface area (Å²) in [6, 6.07) is 11.0. The maximum Gasteiger partial charge on any atom is 0.337 e. The molecule has 1 aromatic heterocycles. The van der Waals surface area contributed by atoms with Gasteiger partial charge in [-0.25, -0.2) is 4.79 Å². The first kappa shape index (κ1) is 15.7. The summed E-state index contributed by atoms with van der Waals surface area (Å²) in [5, 5.41) is 2.81. The largest absolute Gasteiger partial charge is 0.465 e. The Morgan fingerprint density at radius 2 is 2.09 bits per heavy atom. The maximum absolute atomic E-state index is 11.4. The minimum atomic E-state index is -0.345. The first-order valence-electron chi connectivity index (χ1n) is 7.01. The topological polar surface area (TPSA) is 68.3 Å². The van der Waals surface area contributed by atoms with E-state index in [1.807, 2.05) is 24.3 Å². The van der Waals surface area contributed by atoms with Gasteiger partial charge in [-0.15, -0.1) is 0 Å². The number of pyridine rings is 1. The van der Waals surface area contributed by atoms with Crippen LogP contribution in [0.25, 0.3) is 0 Å². The highest BCUT2D eigenvalue weighted by molar-refractivity contribution is 5.89. The molecule has 1 heterocycles. The molecule has 1 N–H and O–H groups in total. The highest BCUT2D eigenvalue weighted by Crippen LogP contribution is 2.18. The van der Waals surface area contributed by atoms with Crippen LogP contribution in [0.15, 0.2) is 48.8 Å². The smallest absolute Gasteiger partial charge is 0.337 e. The van der Waals surface area contributed by atoms with Gasteiger partial charge in [-0.2, -0.15) is 0 Å². The van der Waals surface area contributed by atoms with E-state index in [0.29, 0.717) is 12.0 Å². The normalized spacial score (nSPS) is 11.5. The lowest BCUT2D eigenvalue weighted by Crippen LogP contribution is -2.20. The van der Waals surface area contributed by atoms with E-state index in [1.54, 1.807) is 24.5 Å². The summed E-state index contributed by atoms with van der Waals surface area (Å²) in [5.74, 6) is -0.345. The van der Waals surface area contributed by atoms with E-state index >= 15 is 0 Å². The molecule has 0 bridgehead atoms. The molecule has 2 aromatic rings. The molecule has 1 amide bonds. The van der Waals surface area contributed by atoms with Crippen molar-refractivity contribution in [3.63, 3.8) is 0 Å². The van der Waals surface area contributed by atoms with Crippen LogP contribution in [-0.2, 0) is 16.0 Å². The number of aromatic nitrogens is 1. The van der Waals surface area contributed by atoms with Gasteiger partial charge in [-0.05, 0) is 42.2 Å². The second kappa shape index (κ2) is 7.93. The highest BCUT2D eigenvalue weighted by atomic mass is 16.5. The number of carbonyl (C=O) groups excluding carboxylic acids is 2. The third-order valence-corrected chi connectivity index (χ3v) is 3.45. The summed E-state index contributed by atoms with van der Waals surface area (Å²) < 4.78 is 4.67. The highest BCUT2D eigenvalue weighted by Gasteiger charge is 2.11. The number of rotatable bonds is 7. The van der Waals surface area contributed by atoms with Crippen molar-refractivity contribution in [2.24, 2.45) is 0 Å². The van der Waals surface area contributed by atoms with Crippen molar-refractivity contribution in [2.75, 3.05) is 7.11 Å². The van der Waals surface area contributed by atoms with Crippen LogP contribution in [0.4, 0.5) is 0 Å². The van der Waals surface area contributed by atoms with Gasteiger partial charge in [0.15, 0.2) is 0 Å². The summed E-state index contributed by atoms with van der Waals surface area (Å²) >= 11 is 0. The van der Waals surface area contributed by atoms with Crippen LogP contribution in [0.3, 0.4) is 0 Å². The first-order chi connectivity index (χ1) is 10.7. The predicted molar refractivity (Wildman–Crippen MR) is 82.3 cm³/mol. The number of hydrogen-bond acceptors (Lipinski definition) is 4. The van der Waals surface area contributed by atoms with E-state index in [4.69, 9.17) is 0 Å². The van der Waals surface area contributed by atoms with Gasteiger partial charge in [-0.1, -0.05) is 18.2 Å². The van der Waals surface area contributed by atoms with Gasteiger partial charge in [0.1, 0.15) is 0 Å². The molecule has 0 fully saturated rings. The van der Waals surface area contributed by atoms with Gasteiger partial charge in [0, 0.05) is 12.4 Å². The van der Waals surface area contributed by atoms with Gasteiger partial charge < -0.3 is 10.1 Å². The summed E-state index contributed by atoms with van der Waals surface area (Å²) in [6.07, 6.45) is 5.69. The molecule has 114 valence electrons. The molecule has 1 atom stereocenters. The first-order valence-corrected chi connectivity index (χ1v) is 7.01. The molecule has 5 nitrogen and oxygen atoms in total. The van der Waals surface area contributed by atoms with Crippen LogP contribution in [0.5, 0.6) is 0 Å². The molecule has 0 radical (unpaired) electrons. The Hall–Kier alpha value is -2.69. The predicted octanol–water partition coefficient (Wildman–Crippen LogP) is 2.29. The van der Waals surface area contributed by atoms with Crippen molar-refractivity contribution in [3.05, 3.63) is 65.5 Å². The monoisotopic (exact) mass is 298 g/mol. The second-order valence-electron chi connectivity index (χ2n) is 4.85. The fourth-order valence-electron chi connectivity index (χ4n) is 2.25. The van der Waals surface area contributed by atoms with Crippen LogP contribution < -0.4 is 5.32 Å². The van der Waals surface area contributed by atoms with E-state index in [1.165, 1.54) is 7.11 Å². The number of hydrogen-bond donors (Lipinski definition) is 1. The maximum atomic E-state index is 11.4. The zero-order valence-electron chi connectivity index (χ0n) is 12.4. The van der Waals surface area contributed by atoms with Crippen LogP contribution >= 0.6 is 0 Å². The average molecular weight is 298 g/mol. The zero-order chi connectivity index (χ0) is 15.8. The SMILES string of the molecule is COC(=O)c1ccc(CCC(NC=O)c2cccnc2)cc1. The molecule has 0 saturated carbocycles. The van der Waals surface area contributed by atoms with Crippen LogP contribution in [0, 0.1) is 0 Å². The molecule has 5 heteroatoms. The quantitative estimate of drug-likeness (QED) is 0.629. The number of amides is 1. The van der Waals surface area contributed by atoms with Gasteiger partial charge >= 0.3 is 5.97 Å². The second-order valence-corrected chi connectivity index (χ2v) is 4.85. The Kier molecular flexibility index (Phi) is 5.65. The number of nitrogens with one attached hydrogen (secondary N) is 1. The van der Waals surface area contributed by atoms with Crippen LogP contribution in [0.1, 0.15) is 33.9 Å². The Balaban J connectivity index is 2.00. The van der Waals surface area contributed by atoms with Gasteiger partial charge in [0.25, 0.3) is 0 Å². The Morgan fingerprint density at radius 3 is 2.68 bits per heavy atom. The molecular formula is C17H18N2O3. The minimum absolute atomic E-state index is 0.0773. The summed E-state index contributed by atoms with van der Waals surface area (Å²) in [7, 11) is 1.36. The van der Waals surface area contributed by atoms with Crippen LogP contribution in [0.2, 0.25) is 0 Å². The van der Waals surface area contributed by atoms with E-state index in [9.17, 15) is 9.59 Å². The van der Waals surface area contributed by atoms with Crippen molar-refractivity contribution in [1.29, 1.82) is 0 Å². The minimum Gasteiger partial charge on any atom is -0.465 e. The van der Waals surface area contributed by atoms with E-state index in [-0.39, 0.29) is 12.0 Å². The van der Waals surface area contributed by atoms with E-state index in [2.05, 4.69) is 15.0 Å². The van der Waals surface area contributed by atoms with E-state index in [0.717, 1.165) is 24.0 Å². The number of carbonyl (C=O) groups is 2. The lowest BCUT2D eigenvalue weighted by Gasteiger charge is -2.16. The third-order valence-electron chi connectivity index (χ3n) is 3.45. The number of methoxy groups -OCH3 is 1. The molecule has 0 spiro atoms. The lowest BCUT2D eigenvalue weighted by molar-refractivity contribution is -0.110. The van der Waals surface area contributed by atoms with E-state index < -0.39 is 0 Å². The Morgan fingerprint density at radius 1 is 1.32 bits per heavy atom. The number of esters is 1.